The summed E-state index contributed by atoms with van der Waals surface area (Å²) in [4.78, 5) is 35.6. The smallest absolute Gasteiger partial charge is 0.462 e. The molecule has 10 heteroatoms. The van der Waals surface area contributed by atoms with E-state index < -0.39 is 32.5 Å². The molecule has 0 aliphatic heterocycles. The number of rotatable bonds is 47. The van der Waals surface area contributed by atoms with Crippen molar-refractivity contribution in [2.45, 2.75) is 174 Å². The number of ether oxygens (including phenoxy) is 2. The van der Waals surface area contributed by atoms with E-state index in [1.165, 1.54) is 0 Å². The Bertz CT molecular complexity index is 1770. The number of nitrogens with zero attached hydrogens (tertiary/aromatic N) is 1. The van der Waals surface area contributed by atoms with E-state index in [9.17, 15) is 19.0 Å². The number of unbranched alkanes of at least 4 members (excludes halogenated alkanes) is 7. The van der Waals surface area contributed by atoms with E-state index in [4.69, 9.17) is 18.5 Å². The molecule has 0 aromatic carbocycles. The fourth-order valence-electron chi connectivity index (χ4n) is 6.41. The zero-order valence-electron chi connectivity index (χ0n) is 45.6. The molecule has 2 unspecified atom stereocenters. The molecule has 0 aromatic heterocycles. The number of likely N-dealkylation sites (N-methyl/N-ethyl adjacent to an activating group) is 1. The van der Waals surface area contributed by atoms with Gasteiger partial charge in [0.15, 0.2) is 6.10 Å². The number of allylic oxidation sites excluding steroid dienone is 26. The fraction of sp³-hybridized carbons (Fsp3) is 0.548. The second-order valence-corrected chi connectivity index (χ2v) is 19.9. The Balaban J connectivity index is 4.31. The molecule has 0 aromatic rings. The highest BCUT2D eigenvalue weighted by Gasteiger charge is 2.27. The Morgan fingerprint density at radius 2 is 0.750 bits per heavy atom. The lowest BCUT2D eigenvalue weighted by Crippen LogP contribution is -2.37. The van der Waals surface area contributed by atoms with E-state index in [-0.39, 0.29) is 26.1 Å². The van der Waals surface area contributed by atoms with Crippen molar-refractivity contribution >= 4 is 19.8 Å². The summed E-state index contributed by atoms with van der Waals surface area (Å²) < 4.78 is 34.4. The molecule has 0 spiro atoms. The third-order valence-corrected chi connectivity index (χ3v) is 11.5. The Labute approximate surface area is 439 Å². The van der Waals surface area contributed by atoms with Gasteiger partial charge in [-0.15, -0.1) is 0 Å². The van der Waals surface area contributed by atoms with E-state index in [2.05, 4.69) is 172 Å². The first-order chi connectivity index (χ1) is 35.0. The largest absolute Gasteiger partial charge is 0.472 e. The molecular formula is C62H99NO8P+. The zero-order valence-corrected chi connectivity index (χ0v) is 46.5. The van der Waals surface area contributed by atoms with Gasteiger partial charge in [-0.3, -0.25) is 18.6 Å². The topological polar surface area (TPSA) is 108 Å². The third kappa shape index (κ3) is 55.0. The maximum absolute atomic E-state index is 12.8. The van der Waals surface area contributed by atoms with Gasteiger partial charge in [-0.25, -0.2) is 4.57 Å². The van der Waals surface area contributed by atoms with Gasteiger partial charge in [0.25, 0.3) is 0 Å². The number of quaternary nitrogens is 1. The lowest BCUT2D eigenvalue weighted by Gasteiger charge is -2.24. The van der Waals surface area contributed by atoms with Crippen LogP contribution in [0.2, 0.25) is 0 Å². The van der Waals surface area contributed by atoms with Crippen molar-refractivity contribution in [3.63, 3.8) is 0 Å². The van der Waals surface area contributed by atoms with Crippen LogP contribution >= 0.6 is 7.82 Å². The van der Waals surface area contributed by atoms with Crippen LogP contribution in [0, 0.1) is 0 Å². The standard InChI is InChI=1S/C62H98NO8P/c1-6-8-10-12-14-16-18-20-22-23-24-25-26-27-28-29-30-31-32-33-34-35-36-37-38-39-41-43-45-47-49-51-53-55-62(65)71-60(59-70-72(66,67)69-57-56-63(3,4)5)58-68-61(64)54-52-50-48-46-44-42-40-21-19-17-15-13-11-9-7-2/h8-11,14-17,20-22,24-25,27-28,30-31,33-34,36-37,39-41,44,46,60H,6-7,12-13,18-19,23,26,29,32,35,38,42-43,45,47-59H2,1-5H3/p+1/b10-8-,11-9-,16-14-,17-15-,22-20-,25-24-,28-27-,31-30-,34-33-,37-36-,40-21-,41-39-,46-44-. The molecule has 0 saturated carbocycles. The van der Waals surface area contributed by atoms with Crippen LogP contribution in [-0.4, -0.2) is 74.9 Å². The van der Waals surface area contributed by atoms with Crippen molar-refractivity contribution < 1.29 is 42.1 Å². The van der Waals surface area contributed by atoms with Crippen LogP contribution in [0.25, 0.3) is 0 Å². The number of esters is 2. The van der Waals surface area contributed by atoms with Crippen LogP contribution < -0.4 is 0 Å². The van der Waals surface area contributed by atoms with Crippen LogP contribution in [-0.2, 0) is 32.7 Å². The second-order valence-electron chi connectivity index (χ2n) is 18.5. The summed E-state index contributed by atoms with van der Waals surface area (Å²) in [5.41, 5.74) is 0. The van der Waals surface area contributed by atoms with Gasteiger partial charge in [-0.2, -0.15) is 0 Å². The summed E-state index contributed by atoms with van der Waals surface area (Å²) in [6.07, 6.45) is 77.4. The number of phosphoric ester groups is 1. The quantitative estimate of drug-likeness (QED) is 0.0211. The van der Waals surface area contributed by atoms with Crippen LogP contribution in [0.1, 0.15) is 168 Å². The van der Waals surface area contributed by atoms with E-state index in [1.54, 1.807) is 0 Å². The average Bonchev–Trinajstić information content (AvgIpc) is 3.34. The van der Waals surface area contributed by atoms with Crippen molar-refractivity contribution in [3.8, 4) is 0 Å². The van der Waals surface area contributed by atoms with Crippen LogP contribution in [0.15, 0.2) is 158 Å². The summed E-state index contributed by atoms with van der Waals surface area (Å²) in [6, 6.07) is 0. The molecule has 0 rings (SSSR count). The first-order valence-corrected chi connectivity index (χ1v) is 28.7. The fourth-order valence-corrected chi connectivity index (χ4v) is 7.15. The first-order valence-electron chi connectivity index (χ1n) is 27.2. The molecule has 0 fully saturated rings. The molecule has 404 valence electrons. The Morgan fingerprint density at radius 3 is 1.14 bits per heavy atom. The van der Waals surface area contributed by atoms with Gasteiger partial charge in [0.1, 0.15) is 19.8 Å². The minimum atomic E-state index is -4.41. The van der Waals surface area contributed by atoms with E-state index in [1.807, 2.05) is 21.1 Å². The summed E-state index contributed by atoms with van der Waals surface area (Å²) in [5, 5.41) is 0. The normalized spacial score (nSPS) is 14.6. The monoisotopic (exact) mass is 1020 g/mol. The molecule has 72 heavy (non-hydrogen) atoms. The molecule has 0 amide bonds. The Kier molecular flexibility index (Phi) is 48.4. The predicted octanol–water partition coefficient (Wildman–Crippen LogP) is 16.9. The van der Waals surface area contributed by atoms with Gasteiger partial charge in [0, 0.05) is 12.8 Å². The molecule has 0 bridgehead atoms. The lowest BCUT2D eigenvalue weighted by molar-refractivity contribution is -0.870. The molecule has 0 aliphatic rings. The average molecular weight is 1020 g/mol. The predicted molar refractivity (Wildman–Crippen MR) is 306 cm³/mol. The molecule has 0 radical (unpaired) electrons. The molecule has 0 aliphatic carbocycles. The van der Waals surface area contributed by atoms with Gasteiger partial charge in [-0.05, 0) is 122 Å². The maximum atomic E-state index is 12.8. The first kappa shape index (κ1) is 67.6. The molecule has 0 heterocycles. The summed E-state index contributed by atoms with van der Waals surface area (Å²) in [6.45, 7) is 4.09. The van der Waals surface area contributed by atoms with Crippen molar-refractivity contribution in [2.75, 3.05) is 47.5 Å². The van der Waals surface area contributed by atoms with Crippen molar-refractivity contribution in [1.82, 2.24) is 0 Å². The van der Waals surface area contributed by atoms with E-state index in [0.29, 0.717) is 23.9 Å². The Hall–Kier alpha value is -4.37. The molecule has 9 nitrogen and oxygen atoms in total. The number of hydrogen-bond acceptors (Lipinski definition) is 7. The van der Waals surface area contributed by atoms with Gasteiger partial charge < -0.3 is 18.9 Å². The van der Waals surface area contributed by atoms with Gasteiger partial charge in [-0.1, -0.05) is 191 Å². The van der Waals surface area contributed by atoms with E-state index in [0.717, 1.165) is 128 Å². The van der Waals surface area contributed by atoms with Gasteiger partial charge in [0.05, 0.1) is 27.7 Å². The van der Waals surface area contributed by atoms with Crippen LogP contribution in [0.4, 0.5) is 0 Å². The summed E-state index contributed by atoms with van der Waals surface area (Å²) in [7, 11) is 1.41. The SMILES string of the molecule is CC/C=C\C/C=C\C/C=C\C/C=C\C/C=C\C/C=C\C/C=C\C/C=C\C/C=C\CCCCCCCC(=O)OC(COC(=O)CCCC/C=C\C/C=C\C/C=C\C/C=C\CC)COP(=O)(O)OCC[N+](C)(C)C. The minimum absolute atomic E-state index is 0.0109. The zero-order chi connectivity index (χ0) is 52.7. The number of carbonyl (C=O) groups excluding carboxylic acids is 2. The Morgan fingerprint density at radius 1 is 0.431 bits per heavy atom. The molecule has 2 atom stereocenters. The highest BCUT2D eigenvalue weighted by atomic mass is 31.2. The van der Waals surface area contributed by atoms with E-state index >= 15 is 0 Å². The lowest BCUT2D eigenvalue weighted by atomic mass is 10.1. The molecule has 0 saturated heterocycles. The second kappa shape index (κ2) is 51.5. The van der Waals surface area contributed by atoms with Gasteiger partial charge in [0.2, 0.25) is 0 Å². The highest BCUT2D eigenvalue weighted by molar-refractivity contribution is 7.47. The molecule has 1 N–H and O–H groups in total. The molecular weight excluding hydrogens is 918 g/mol. The minimum Gasteiger partial charge on any atom is -0.462 e. The number of carbonyl (C=O) groups is 2. The maximum Gasteiger partial charge on any atom is 0.472 e. The summed E-state index contributed by atoms with van der Waals surface area (Å²) >= 11 is 0. The summed E-state index contributed by atoms with van der Waals surface area (Å²) in [5.74, 6) is -0.886. The number of phosphoric acid groups is 1. The number of hydrogen-bond donors (Lipinski definition) is 1. The van der Waals surface area contributed by atoms with Crippen molar-refractivity contribution in [3.05, 3.63) is 158 Å². The van der Waals surface area contributed by atoms with Crippen molar-refractivity contribution in [2.24, 2.45) is 0 Å². The highest BCUT2D eigenvalue weighted by Crippen LogP contribution is 2.43. The van der Waals surface area contributed by atoms with Crippen LogP contribution in [0.5, 0.6) is 0 Å². The van der Waals surface area contributed by atoms with Crippen LogP contribution in [0.3, 0.4) is 0 Å². The van der Waals surface area contributed by atoms with Crippen molar-refractivity contribution in [1.29, 1.82) is 0 Å². The third-order valence-electron chi connectivity index (χ3n) is 10.6. The van der Waals surface area contributed by atoms with Gasteiger partial charge >= 0.3 is 19.8 Å².